The lowest BCUT2D eigenvalue weighted by Crippen LogP contribution is -2.23. The van der Waals surface area contributed by atoms with Gasteiger partial charge in [0.05, 0.1) is 6.04 Å². The van der Waals surface area contributed by atoms with Gasteiger partial charge in [0.25, 0.3) is 0 Å². The van der Waals surface area contributed by atoms with Gasteiger partial charge in [0, 0.05) is 9.26 Å². The third-order valence-corrected chi connectivity index (χ3v) is 2.64. The van der Waals surface area contributed by atoms with E-state index in [0.29, 0.717) is 12.0 Å². The summed E-state index contributed by atoms with van der Waals surface area (Å²) < 4.78 is 1.19. The summed E-state index contributed by atoms with van der Waals surface area (Å²) in [7, 11) is 0. The molecule has 3 nitrogen and oxygen atoms in total. The van der Waals surface area contributed by atoms with Gasteiger partial charge in [-0.3, -0.25) is 0 Å². The molecular formula is C10H12IN3. The summed E-state index contributed by atoms with van der Waals surface area (Å²) in [6, 6.07) is 8.52. The fourth-order valence-electron chi connectivity index (χ4n) is 1.15. The van der Waals surface area contributed by atoms with Gasteiger partial charge in [-0.1, -0.05) is 6.07 Å². The lowest BCUT2D eigenvalue weighted by atomic mass is 10.3. The SMILES string of the molecule is NC(=NC1CC1)Nc1cccc(I)c1. The first-order chi connectivity index (χ1) is 6.74. The van der Waals surface area contributed by atoms with E-state index < -0.39 is 0 Å². The van der Waals surface area contributed by atoms with E-state index in [4.69, 9.17) is 5.73 Å². The fraction of sp³-hybridized carbons (Fsp3) is 0.300. The smallest absolute Gasteiger partial charge is 0.193 e. The van der Waals surface area contributed by atoms with Crippen LogP contribution in [0.4, 0.5) is 5.69 Å². The highest BCUT2D eigenvalue weighted by Gasteiger charge is 2.20. The number of guanidine groups is 1. The summed E-state index contributed by atoms with van der Waals surface area (Å²) in [5.74, 6) is 0.523. The van der Waals surface area contributed by atoms with Crippen molar-refractivity contribution in [3.05, 3.63) is 27.8 Å². The highest BCUT2D eigenvalue weighted by molar-refractivity contribution is 14.1. The number of anilines is 1. The Morgan fingerprint density at radius 3 is 2.93 bits per heavy atom. The molecule has 0 radical (unpaired) electrons. The van der Waals surface area contributed by atoms with Gasteiger partial charge in [-0.15, -0.1) is 0 Å². The molecule has 0 aliphatic heterocycles. The normalized spacial score (nSPS) is 16.8. The predicted octanol–water partition coefficient (Wildman–Crippen LogP) is 2.18. The predicted molar refractivity (Wildman–Crippen MR) is 67.4 cm³/mol. The van der Waals surface area contributed by atoms with E-state index in [0.717, 1.165) is 5.69 Å². The molecule has 2 rings (SSSR count). The highest BCUT2D eigenvalue weighted by atomic mass is 127. The zero-order valence-corrected chi connectivity index (χ0v) is 9.86. The summed E-state index contributed by atoms with van der Waals surface area (Å²) in [4.78, 5) is 4.29. The summed E-state index contributed by atoms with van der Waals surface area (Å²) >= 11 is 2.27. The van der Waals surface area contributed by atoms with Crippen molar-refractivity contribution in [1.29, 1.82) is 0 Å². The number of hydrogen-bond donors (Lipinski definition) is 2. The van der Waals surface area contributed by atoms with Crippen LogP contribution < -0.4 is 11.1 Å². The van der Waals surface area contributed by atoms with Crippen LogP contribution in [-0.2, 0) is 0 Å². The lowest BCUT2D eigenvalue weighted by Gasteiger charge is -2.05. The first kappa shape index (κ1) is 9.76. The van der Waals surface area contributed by atoms with Crippen molar-refractivity contribution in [3.8, 4) is 0 Å². The van der Waals surface area contributed by atoms with Crippen LogP contribution in [0.25, 0.3) is 0 Å². The summed E-state index contributed by atoms with van der Waals surface area (Å²) in [5, 5.41) is 3.08. The van der Waals surface area contributed by atoms with Crippen molar-refractivity contribution in [2.45, 2.75) is 18.9 Å². The second kappa shape index (κ2) is 4.16. The molecule has 4 heteroatoms. The first-order valence-corrected chi connectivity index (χ1v) is 5.68. The van der Waals surface area contributed by atoms with E-state index >= 15 is 0 Å². The molecule has 0 heterocycles. The van der Waals surface area contributed by atoms with E-state index in [1.54, 1.807) is 0 Å². The second-order valence-corrected chi connectivity index (χ2v) is 4.63. The van der Waals surface area contributed by atoms with Gasteiger partial charge in [0.15, 0.2) is 5.96 Å². The number of halogens is 1. The first-order valence-electron chi connectivity index (χ1n) is 4.60. The molecule has 1 aromatic carbocycles. The molecule has 1 aliphatic carbocycles. The second-order valence-electron chi connectivity index (χ2n) is 3.38. The van der Waals surface area contributed by atoms with E-state index in [1.807, 2.05) is 24.3 Å². The molecule has 0 aromatic heterocycles. The molecule has 0 spiro atoms. The average Bonchev–Trinajstić information content (AvgIpc) is 2.87. The van der Waals surface area contributed by atoms with Gasteiger partial charge in [-0.05, 0) is 53.6 Å². The van der Waals surface area contributed by atoms with Gasteiger partial charge >= 0.3 is 0 Å². The zero-order valence-electron chi connectivity index (χ0n) is 7.70. The number of nitrogens with one attached hydrogen (secondary N) is 1. The monoisotopic (exact) mass is 301 g/mol. The van der Waals surface area contributed by atoms with Crippen LogP contribution in [0.2, 0.25) is 0 Å². The van der Waals surface area contributed by atoms with Crippen LogP contribution in [0.15, 0.2) is 29.3 Å². The van der Waals surface area contributed by atoms with Crippen molar-refractivity contribution in [1.82, 2.24) is 0 Å². The third kappa shape index (κ3) is 2.87. The molecule has 0 amide bonds. The Morgan fingerprint density at radius 2 is 2.29 bits per heavy atom. The van der Waals surface area contributed by atoms with Crippen LogP contribution >= 0.6 is 22.6 Å². The molecule has 1 aromatic rings. The van der Waals surface area contributed by atoms with Crippen LogP contribution in [0, 0.1) is 3.57 Å². The van der Waals surface area contributed by atoms with Crippen LogP contribution in [0.5, 0.6) is 0 Å². The Morgan fingerprint density at radius 1 is 1.50 bits per heavy atom. The van der Waals surface area contributed by atoms with E-state index in [1.165, 1.54) is 16.4 Å². The number of rotatable bonds is 2. The van der Waals surface area contributed by atoms with Crippen LogP contribution in [0.3, 0.4) is 0 Å². The quantitative estimate of drug-likeness (QED) is 0.500. The van der Waals surface area contributed by atoms with Gasteiger partial charge < -0.3 is 11.1 Å². The Balaban J connectivity index is 2.02. The molecule has 0 saturated heterocycles. The van der Waals surface area contributed by atoms with Crippen molar-refractivity contribution >= 4 is 34.2 Å². The minimum atomic E-state index is 0.463. The van der Waals surface area contributed by atoms with Gasteiger partial charge in [0.1, 0.15) is 0 Å². The number of aliphatic imine (C=N–C) groups is 1. The van der Waals surface area contributed by atoms with E-state index in [9.17, 15) is 0 Å². The average molecular weight is 301 g/mol. The summed E-state index contributed by atoms with van der Waals surface area (Å²) in [6.07, 6.45) is 2.35. The minimum Gasteiger partial charge on any atom is -0.370 e. The van der Waals surface area contributed by atoms with Gasteiger partial charge in [-0.2, -0.15) is 0 Å². The van der Waals surface area contributed by atoms with E-state index in [-0.39, 0.29) is 0 Å². The van der Waals surface area contributed by atoms with E-state index in [2.05, 4.69) is 32.9 Å². The van der Waals surface area contributed by atoms with Gasteiger partial charge in [-0.25, -0.2) is 4.99 Å². The maximum Gasteiger partial charge on any atom is 0.193 e. The van der Waals surface area contributed by atoms with Crippen LogP contribution in [0.1, 0.15) is 12.8 Å². The molecule has 0 atom stereocenters. The number of hydrogen-bond acceptors (Lipinski definition) is 1. The maximum absolute atomic E-state index is 5.73. The fourth-order valence-corrected chi connectivity index (χ4v) is 1.69. The summed E-state index contributed by atoms with van der Waals surface area (Å²) in [5.41, 5.74) is 6.73. The molecule has 74 valence electrons. The number of benzene rings is 1. The standard InChI is InChI=1S/C10H12IN3/c11-7-2-1-3-9(6-7)14-10(12)13-8-4-5-8/h1-3,6,8H,4-5H2,(H3,12,13,14). The maximum atomic E-state index is 5.73. The molecule has 1 fully saturated rings. The van der Waals surface area contributed by atoms with Crippen molar-refractivity contribution in [2.24, 2.45) is 10.7 Å². The molecule has 0 unspecified atom stereocenters. The molecule has 3 N–H and O–H groups in total. The van der Waals surface area contributed by atoms with Gasteiger partial charge in [0.2, 0.25) is 0 Å². The minimum absolute atomic E-state index is 0.463. The molecule has 0 bridgehead atoms. The molecule has 1 saturated carbocycles. The Labute approximate surface area is 96.9 Å². The number of nitrogens with zero attached hydrogens (tertiary/aromatic N) is 1. The Kier molecular flexibility index (Phi) is 2.90. The lowest BCUT2D eigenvalue weighted by molar-refractivity contribution is 1.06. The largest absolute Gasteiger partial charge is 0.370 e. The van der Waals surface area contributed by atoms with Crippen molar-refractivity contribution in [2.75, 3.05) is 5.32 Å². The third-order valence-electron chi connectivity index (χ3n) is 1.97. The molecule has 1 aliphatic rings. The topological polar surface area (TPSA) is 50.4 Å². The Hall–Kier alpha value is -0.780. The number of nitrogens with two attached hydrogens (primary N) is 1. The zero-order chi connectivity index (χ0) is 9.97. The highest BCUT2D eigenvalue weighted by Crippen LogP contribution is 2.23. The molecular weight excluding hydrogens is 289 g/mol. The van der Waals surface area contributed by atoms with Crippen molar-refractivity contribution in [3.63, 3.8) is 0 Å². The molecule has 14 heavy (non-hydrogen) atoms. The van der Waals surface area contributed by atoms with Crippen molar-refractivity contribution < 1.29 is 0 Å². The summed E-state index contributed by atoms with van der Waals surface area (Å²) in [6.45, 7) is 0. The van der Waals surface area contributed by atoms with Crippen LogP contribution in [-0.4, -0.2) is 12.0 Å². The Bertz CT molecular complexity index is 358.